The van der Waals surface area contributed by atoms with Gasteiger partial charge in [-0.05, 0) is 48.2 Å². The Morgan fingerprint density at radius 3 is 2.71 bits per heavy atom. The molecular weight excluding hydrogens is 482 g/mol. The number of hydrogen-bond acceptors (Lipinski definition) is 6. The Hall–Kier alpha value is -4.24. The van der Waals surface area contributed by atoms with Crippen molar-refractivity contribution in [3.05, 3.63) is 90.0 Å². The minimum atomic E-state index is -0.889. The third kappa shape index (κ3) is 5.84. The maximum Gasteiger partial charge on any atom is 0.247 e. The molecule has 0 aliphatic carbocycles. The van der Waals surface area contributed by atoms with Crippen LogP contribution < -0.4 is 10.1 Å². The molecule has 2 heterocycles. The Kier molecular flexibility index (Phi) is 7.94. The van der Waals surface area contributed by atoms with Crippen LogP contribution in [0.1, 0.15) is 30.0 Å². The fourth-order valence-electron chi connectivity index (χ4n) is 4.78. The molecule has 1 N–H and O–H groups in total. The zero-order valence-electron chi connectivity index (χ0n) is 21.3. The van der Waals surface area contributed by atoms with Gasteiger partial charge in [0.2, 0.25) is 11.8 Å². The first kappa shape index (κ1) is 25.4. The van der Waals surface area contributed by atoms with Crippen molar-refractivity contribution < 1.29 is 19.1 Å². The molecule has 1 aromatic heterocycles. The number of carbonyl (C=O) groups excluding carboxylic acids is 2. The van der Waals surface area contributed by atoms with Crippen molar-refractivity contribution in [2.75, 3.05) is 20.3 Å². The molecule has 2 atom stereocenters. The molecule has 1 aliphatic heterocycles. The number of aromatic nitrogens is 3. The summed E-state index contributed by atoms with van der Waals surface area (Å²) in [7, 11) is 1.58. The van der Waals surface area contributed by atoms with Gasteiger partial charge in [-0.2, -0.15) is 0 Å². The van der Waals surface area contributed by atoms with Crippen LogP contribution in [0.25, 0.3) is 11.0 Å². The fourth-order valence-corrected chi connectivity index (χ4v) is 4.78. The smallest absolute Gasteiger partial charge is 0.247 e. The van der Waals surface area contributed by atoms with E-state index in [0.29, 0.717) is 30.0 Å². The zero-order valence-corrected chi connectivity index (χ0v) is 21.3. The van der Waals surface area contributed by atoms with Crippen LogP contribution in [0.4, 0.5) is 0 Å². The number of benzene rings is 3. The maximum absolute atomic E-state index is 14.0. The number of ether oxygens (including phenoxy) is 2. The predicted molar refractivity (Wildman–Crippen MR) is 142 cm³/mol. The fraction of sp³-hybridized carbons (Fsp3) is 0.310. The summed E-state index contributed by atoms with van der Waals surface area (Å²) in [6, 6.07) is 23.6. The van der Waals surface area contributed by atoms with Gasteiger partial charge < -0.3 is 19.7 Å². The lowest BCUT2D eigenvalue weighted by molar-refractivity contribution is -0.143. The molecule has 9 nitrogen and oxygen atoms in total. The van der Waals surface area contributed by atoms with Gasteiger partial charge in [0.1, 0.15) is 23.9 Å². The van der Waals surface area contributed by atoms with Crippen LogP contribution in [0, 0.1) is 0 Å². The van der Waals surface area contributed by atoms with Gasteiger partial charge in [-0.1, -0.05) is 59.8 Å². The number of carbonyl (C=O) groups is 2. The summed E-state index contributed by atoms with van der Waals surface area (Å²) >= 11 is 0. The first-order chi connectivity index (χ1) is 18.6. The second kappa shape index (κ2) is 11.9. The van der Waals surface area contributed by atoms with Crippen LogP contribution in [-0.4, -0.2) is 58.1 Å². The standard InChI is InChI=1S/C29H31N5O4/c1-37-23-12-7-11-22(17-23)28(29(36)30-18-21-9-3-2-4-10-21)33(19-24-13-8-16-38-24)27(35)20-34-26-15-6-5-14-25(26)31-32-34/h2-7,9-12,14-15,17,24,28H,8,13,16,18-20H2,1H3,(H,30,36)/t24-,28+/m0/s1. The molecule has 1 aliphatic rings. The van der Waals surface area contributed by atoms with Gasteiger partial charge in [0.15, 0.2) is 0 Å². The summed E-state index contributed by atoms with van der Waals surface area (Å²) in [6.07, 6.45) is 1.60. The molecule has 4 aromatic rings. The van der Waals surface area contributed by atoms with Crippen molar-refractivity contribution in [3.8, 4) is 5.75 Å². The predicted octanol–water partition coefficient (Wildman–Crippen LogP) is 3.51. The molecule has 5 rings (SSSR count). The molecule has 2 amide bonds. The average Bonchev–Trinajstić information content (AvgIpc) is 3.62. The number of methoxy groups -OCH3 is 1. The maximum atomic E-state index is 14.0. The summed E-state index contributed by atoms with van der Waals surface area (Å²) in [4.78, 5) is 29.4. The Morgan fingerprint density at radius 2 is 1.92 bits per heavy atom. The largest absolute Gasteiger partial charge is 0.497 e. The van der Waals surface area contributed by atoms with Crippen LogP contribution in [-0.2, 0) is 27.4 Å². The van der Waals surface area contributed by atoms with Gasteiger partial charge in [0, 0.05) is 19.7 Å². The Bertz CT molecular complexity index is 1380. The third-order valence-electron chi connectivity index (χ3n) is 6.73. The normalized spacial score (nSPS) is 15.8. The van der Waals surface area contributed by atoms with E-state index >= 15 is 0 Å². The van der Waals surface area contributed by atoms with E-state index in [1.165, 1.54) is 0 Å². The number of para-hydroxylation sites is 1. The molecule has 0 spiro atoms. The second-order valence-corrected chi connectivity index (χ2v) is 9.30. The lowest BCUT2D eigenvalue weighted by Gasteiger charge is -2.33. The van der Waals surface area contributed by atoms with E-state index in [9.17, 15) is 9.59 Å². The van der Waals surface area contributed by atoms with Crippen molar-refractivity contribution >= 4 is 22.8 Å². The van der Waals surface area contributed by atoms with Crippen molar-refractivity contribution in [2.45, 2.75) is 38.1 Å². The number of fused-ring (bicyclic) bond motifs is 1. The number of hydrogen-bond donors (Lipinski definition) is 1. The summed E-state index contributed by atoms with van der Waals surface area (Å²) < 4.78 is 12.9. The van der Waals surface area contributed by atoms with Gasteiger partial charge in [0.25, 0.3) is 0 Å². The Balaban J connectivity index is 1.48. The van der Waals surface area contributed by atoms with E-state index in [1.54, 1.807) is 22.8 Å². The average molecular weight is 514 g/mol. The molecule has 0 radical (unpaired) electrons. The summed E-state index contributed by atoms with van der Waals surface area (Å²) in [5.74, 6) is 0.0749. The first-order valence-corrected chi connectivity index (χ1v) is 12.8. The number of rotatable bonds is 10. The molecule has 0 saturated carbocycles. The monoisotopic (exact) mass is 513 g/mol. The van der Waals surface area contributed by atoms with Crippen molar-refractivity contribution in [1.82, 2.24) is 25.2 Å². The highest BCUT2D eigenvalue weighted by atomic mass is 16.5. The van der Waals surface area contributed by atoms with E-state index in [2.05, 4.69) is 15.6 Å². The minimum Gasteiger partial charge on any atom is -0.497 e. The molecule has 38 heavy (non-hydrogen) atoms. The quantitative estimate of drug-likeness (QED) is 0.349. The van der Waals surface area contributed by atoms with Crippen LogP contribution >= 0.6 is 0 Å². The van der Waals surface area contributed by atoms with Crippen molar-refractivity contribution in [3.63, 3.8) is 0 Å². The molecule has 9 heteroatoms. The molecule has 196 valence electrons. The first-order valence-electron chi connectivity index (χ1n) is 12.8. The van der Waals surface area contributed by atoms with E-state index in [-0.39, 0.29) is 31.0 Å². The van der Waals surface area contributed by atoms with Gasteiger partial charge in [-0.25, -0.2) is 4.68 Å². The van der Waals surface area contributed by atoms with Gasteiger partial charge >= 0.3 is 0 Å². The second-order valence-electron chi connectivity index (χ2n) is 9.30. The van der Waals surface area contributed by atoms with Crippen LogP contribution in [0.15, 0.2) is 78.9 Å². The highest BCUT2D eigenvalue weighted by Crippen LogP contribution is 2.28. The molecular formula is C29H31N5O4. The van der Waals surface area contributed by atoms with E-state index < -0.39 is 6.04 Å². The third-order valence-corrected chi connectivity index (χ3v) is 6.73. The van der Waals surface area contributed by atoms with Crippen LogP contribution in [0.2, 0.25) is 0 Å². The zero-order chi connectivity index (χ0) is 26.3. The van der Waals surface area contributed by atoms with E-state index in [0.717, 1.165) is 23.9 Å². The SMILES string of the molecule is COc1cccc([C@H](C(=O)NCc2ccccc2)N(C[C@@H]2CCCO2)C(=O)Cn2nnc3ccccc32)c1. The lowest BCUT2D eigenvalue weighted by Crippen LogP contribution is -2.47. The Labute approximate surface area is 221 Å². The number of nitrogens with one attached hydrogen (secondary N) is 1. The lowest BCUT2D eigenvalue weighted by atomic mass is 10.0. The van der Waals surface area contributed by atoms with Crippen molar-refractivity contribution in [2.24, 2.45) is 0 Å². The molecule has 0 bridgehead atoms. The van der Waals surface area contributed by atoms with Crippen LogP contribution in [0.5, 0.6) is 5.75 Å². The van der Waals surface area contributed by atoms with Crippen LogP contribution in [0.3, 0.4) is 0 Å². The number of amides is 2. The summed E-state index contributed by atoms with van der Waals surface area (Å²) in [5, 5.41) is 11.4. The molecule has 0 unspecified atom stereocenters. The molecule has 1 saturated heterocycles. The minimum absolute atomic E-state index is 0.0559. The number of nitrogens with zero attached hydrogens (tertiary/aromatic N) is 4. The highest BCUT2D eigenvalue weighted by Gasteiger charge is 2.34. The van der Waals surface area contributed by atoms with Gasteiger partial charge in [-0.15, -0.1) is 5.10 Å². The molecule has 1 fully saturated rings. The van der Waals surface area contributed by atoms with Gasteiger partial charge in [0.05, 0.1) is 18.7 Å². The highest BCUT2D eigenvalue weighted by molar-refractivity contribution is 5.89. The summed E-state index contributed by atoms with van der Waals surface area (Å²) in [6.45, 7) is 1.21. The van der Waals surface area contributed by atoms with Gasteiger partial charge in [-0.3, -0.25) is 9.59 Å². The summed E-state index contributed by atoms with van der Waals surface area (Å²) in [5.41, 5.74) is 3.08. The van der Waals surface area contributed by atoms with E-state index in [4.69, 9.17) is 9.47 Å². The molecule has 3 aromatic carbocycles. The Morgan fingerprint density at radius 1 is 1.11 bits per heavy atom. The van der Waals surface area contributed by atoms with E-state index in [1.807, 2.05) is 72.8 Å². The topological polar surface area (TPSA) is 98.6 Å². The van der Waals surface area contributed by atoms with Crippen molar-refractivity contribution in [1.29, 1.82) is 0 Å².